The van der Waals surface area contributed by atoms with E-state index in [-0.39, 0.29) is 23.3 Å². The van der Waals surface area contributed by atoms with Crippen LogP contribution in [0.4, 0.5) is 11.6 Å². The second kappa shape index (κ2) is 10.5. The summed E-state index contributed by atoms with van der Waals surface area (Å²) in [6.07, 6.45) is 2.38. The van der Waals surface area contributed by atoms with E-state index < -0.39 is 0 Å². The number of nitrogens with one attached hydrogen (secondary N) is 1. The fraction of sp³-hybridized carbons (Fsp3) is 0.300. The lowest BCUT2D eigenvalue weighted by Gasteiger charge is -2.48. The number of fused-ring (bicyclic) bond motifs is 4. The highest BCUT2D eigenvalue weighted by molar-refractivity contribution is 6.01. The summed E-state index contributed by atoms with van der Waals surface area (Å²) in [5.41, 5.74) is 11.5. The number of para-hydroxylation sites is 2. The van der Waals surface area contributed by atoms with Crippen LogP contribution in [0.3, 0.4) is 0 Å². The van der Waals surface area contributed by atoms with Crippen molar-refractivity contribution in [2.75, 3.05) is 10.2 Å². The summed E-state index contributed by atoms with van der Waals surface area (Å²) in [7, 11) is 0. The van der Waals surface area contributed by atoms with E-state index >= 15 is 0 Å². The van der Waals surface area contributed by atoms with Gasteiger partial charge in [-0.1, -0.05) is 85.8 Å². The number of rotatable bonds is 4. The molecule has 5 nitrogen and oxygen atoms in total. The van der Waals surface area contributed by atoms with Crippen LogP contribution in [0.25, 0.3) is 11.0 Å². The molecule has 0 radical (unpaired) electrons. The van der Waals surface area contributed by atoms with Gasteiger partial charge in [-0.2, -0.15) is 0 Å². The Labute approximate surface area is 265 Å². The first-order chi connectivity index (χ1) is 21.8. The van der Waals surface area contributed by atoms with Crippen LogP contribution < -0.4 is 10.2 Å². The van der Waals surface area contributed by atoms with Crippen molar-refractivity contribution in [1.29, 1.82) is 0 Å². The summed E-state index contributed by atoms with van der Waals surface area (Å²) in [6, 6.07) is 34.3. The highest BCUT2D eigenvalue weighted by atomic mass is 16.1. The predicted molar refractivity (Wildman–Crippen MR) is 183 cm³/mol. The molecule has 2 aliphatic heterocycles. The van der Waals surface area contributed by atoms with Crippen LogP contribution in [0.2, 0.25) is 0 Å². The number of hydrogen-bond donors (Lipinski definition) is 1. The highest BCUT2D eigenvalue weighted by Gasteiger charge is 2.41. The zero-order chi connectivity index (χ0) is 30.9. The van der Waals surface area contributed by atoms with Gasteiger partial charge in [0.05, 0.1) is 17.1 Å². The third kappa shape index (κ3) is 4.59. The van der Waals surface area contributed by atoms with Crippen molar-refractivity contribution in [2.45, 2.75) is 76.9 Å². The molecule has 0 saturated heterocycles. The van der Waals surface area contributed by atoms with Gasteiger partial charge in [0.1, 0.15) is 0 Å². The minimum absolute atomic E-state index is 0.0197. The molecule has 3 atom stereocenters. The van der Waals surface area contributed by atoms with Gasteiger partial charge in [-0.05, 0) is 91.5 Å². The quantitative estimate of drug-likeness (QED) is 0.226. The Bertz CT molecular complexity index is 1980. The van der Waals surface area contributed by atoms with Crippen LogP contribution in [0, 0.1) is 6.92 Å². The SMILES string of the molecule is Cc1ccccc1[C@@H]1CC(=O)C2=C(C1)Nc1nc3ccccc3n1[C@H]2c1ccc2c(c1)[C@@H](C)CC(C)(C)N2Cc1ccccc1. The first-order valence-electron chi connectivity index (χ1n) is 16.3. The van der Waals surface area contributed by atoms with Gasteiger partial charge in [0, 0.05) is 35.5 Å². The zero-order valence-electron chi connectivity index (χ0n) is 26.5. The number of aromatic nitrogens is 2. The van der Waals surface area contributed by atoms with Crippen molar-refractivity contribution < 1.29 is 4.79 Å². The summed E-state index contributed by atoms with van der Waals surface area (Å²) in [5.74, 6) is 1.58. The Hall–Kier alpha value is -4.64. The Morgan fingerprint density at radius 2 is 1.64 bits per heavy atom. The van der Waals surface area contributed by atoms with Crippen LogP contribution in [-0.2, 0) is 11.3 Å². The number of anilines is 2. The molecule has 1 aromatic heterocycles. The third-order valence-corrected chi connectivity index (χ3v) is 10.4. The van der Waals surface area contributed by atoms with E-state index in [1.165, 1.54) is 27.9 Å². The molecule has 45 heavy (non-hydrogen) atoms. The maximum absolute atomic E-state index is 14.3. The minimum atomic E-state index is -0.232. The molecule has 1 N–H and O–H groups in total. The van der Waals surface area contributed by atoms with Crippen molar-refractivity contribution in [3.05, 3.63) is 136 Å². The van der Waals surface area contributed by atoms with Crippen LogP contribution in [0.15, 0.2) is 108 Å². The standard InChI is InChI=1S/C40H40N4O/c1-25-12-8-9-15-30(25)29-21-33-37(36(45)22-29)38(44-35-17-11-10-16-32(35)41-39(44)42-33)28-18-19-34-31(20-28)26(2)23-40(3,4)43(34)24-27-13-6-5-7-14-27/h5-20,26,29,38H,21-24H2,1-4H3,(H,41,42)/t26-,29-,38-/m0/s1. The van der Waals surface area contributed by atoms with E-state index in [9.17, 15) is 4.79 Å². The minimum Gasteiger partial charge on any atom is -0.362 e. The summed E-state index contributed by atoms with van der Waals surface area (Å²) < 4.78 is 2.26. The number of ketones is 1. The van der Waals surface area contributed by atoms with Crippen molar-refractivity contribution in [2.24, 2.45) is 0 Å². The van der Waals surface area contributed by atoms with Gasteiger partial charge in [0.2, 0.25) is 5.95 Å². The average Bonchev–Trinajstić information content (AvgIpc) is 3.40. The topological polar surface area (TPSA) is 50.2 Å². The number of carbonyl (C=O) groups is 1. The van der Waals surface area contributed by atoms with Gasteiger partial charge in [-0.25, -0.2) is 4.98 Å². The molecular weight excluding hydrogens is 552 g/mol. The number of carbonyl (C=O) groups excluding carboxylic acids is 1. The summed E-state index contributed by atoms with van der Waals surface area (Å²) in [4.78, 5) is 21.9. The van der Waals surface area contributed by atoms with Crippen molar-refractivity contribution >= 4 is 28.5 Å². The van der Waals surface area contributed by atoms with E-state index in [1.807, 2.05) is 6.07 Å². The maximum Gasteiger partial charge on any atom is 0.209 e. The van der Waals surface area contributed by atoms with E-state index in [0.717, 1.165) is 53.2 Å². The van der Waals surface area contributed by atoms with Gasteiger partial charge in [0.25, 0.3) is 0 Å². The molecule has 5 heteroatoms. The molecule has 8 rings (SSSR count). The molecule has 0 unspecified atom stereocenters. The monoisotopic (exact) mass is 592 g/mol. The van der Waals surface area contributed by atoms with Crippen molar-refractivity contribution in [3.8, 4) is 0 Å². The molecule has 226 valence electrons. The van der Waals surface area contributed by atoms with Gasteiger partial charge < -0.3 is 10.2 Å². The number of nitrogens with zero attached hydrogens (tertiary/aromatic N) is 3. The van der Waals surface area contributed by atoms with Crippen molar-refractivity contribution in [1.82, 2.24) is 9.55 Å². The molecule has 0 fully saturated rings. The number of allylic oxidation sites excluding steroid dienone is 2. The Kier molecular flexibility index (Phi) is 6.49. The smallest absolute Gasteiger partial charge is 0.209 e. The molecule has 1 aliphatic carbocycles. The van der Waals surface area contributed by atoms with Crippen LogP contribution in [-0.4, -0.2) is 20.9 Å². The van der Waals surface area contributed by atoms with E-state index in [4.69, 9.17) is 4.98 Å². The Morgan fingerprint density at radius 1 is 0.889 bits per heavy atom. The molecule has 0 saturated carbocycles. The van der Waals surface area contributed by atoms with Crippen molar-refractivity contribution in [3.63, 3.8) is 0 Å². The zero-order valence-corrected chi connectivity index (χ0v) is 26.5. The largest absolute Gasteiger partial charge is 0.362 e. The summed E-state index contributed by atoms with van der Waals surface area (Å²) in [6.45, 7) is 10.1. The van der Waals surface area contributed by atoms with Crippen LogP contribution in [0.1, 0.15) is 85.7 Å². The summed E-state index contributed by atoms with van der Waals surface area (Å²) >= 11 is 0. The second-order valence-corrected chi connectivity index (χ2v) is 13.9. The normalized spacial score (nSPS) is 22.1. The van der Waals surface area contributed by atoms with E-state index in [0.29, 0.717) is 12.3 Å². The van der Waals surface area contributed by atoms with Gasteiger partial charge in [-0.3, -0.25) is 9.36 Å². The molecule has 3 aliphatic rings. The Balaban J connectivity index is 1.27. The van der Waals surface area contributed by atoms with Gasteiger partial charge >= 0.3 is 0 Å². The average molecular weight is 593 g/mol. The third-order valence-electron chi connectivity index (χ3n) is 10.4. The molecular formula is C40H40N4O. The lowest BCUT2D eigenvalue weighted by molar-refractivity contribution is -0.116. The molecule has 3 heterocycles. The first kappa shape index (κ1) is 27.9. The highest BCUT2D eigenvalue weighted by Crippen LogP contribution is 2.49. The second-order valence-electron chi connectivity index (χ2n) is 13.9. The van der Waals surface area contributed by atoms with E-state index in [1.54, 1.807) is 0 Å². The Morgan fingerprint density at radius 3 is 2.47 bits per heavy atom. The summed E-state index contributed by atoms with van der Waals surface area (Å²) in [5, 5.41) is 3.66. The maximum atomic E-state index is 14.3. The van der Waals surface area contributed by atoms with Crippen LogP contribution in [0.5, 0.6) is 0 Å². The number of imidazole rings is 1. The van der Waals surface area contributed by atoms with Crippen LogP contribution >= 0.6 is 0 Å². The predicted octanol–water partition coefficient (Wildman–Crippen LogP) is 9.05. The molecule has 0 bridgehead atoms. The van der Waals surface area contributed by atoms with E-state index in [2.05, 4.69) is 133 Å². The molecule has 5 aromatic rings. The molecule has 4 aromatic carbocycles. The fourth-order valence-electron chi connectivity index (χ4n) is 8.35. The number of hydrogen-bond acceptors (Lipinski definition) is 4. The number of Topliss-reactive ketones (excluding diaryl/α,β-unsaturated/α-hetero) is 1. The molecule has 0 spiro atoms. The fourth-order valence-corrected chi connectivity index (χ4v) is 8.35. The first-order valence-corrected chi connectivity index (χ1v) is 16.3. The lowest BCUT2D eigenvalue weighted by Crippen LogP contribution is -2.47. The lowest BCUT2D eigenvalue weighted by atomic mass is 9.75. The number of benzene rings is 4. The molecule has 0 amide bonds. The van der Waals surface area contributed by atoms with Gasteiger partial charge in [0.15, 0.2) is 5.78 Å². The van der Waals surface area contributed by atoms with Gasteiger partial charge in [-0.15, -0.1) is 0 Å². The number of aryl methyl sites for hydroxylation is 1.